The van der Waals surface area contributed by atoms with E-state index in [2.05, 4.69) is 24.5 Å². The highest BCUT2D eigenvalue weighted by molar-refractivity contribution is 5.68. The third-order valence-electron chi connectivity index (χ3n) is 3.32. The highest BCUT2D eigenvalue weighted by Gasteiger charge is 2.29. The highest BCUT2D eigenvalue weighted by atomic mass is 16.6. The van der Waals surface area contributed by atoms with E-state index in [4.69, 9.17) is 4.74 Å². The Labute approximate surface area is 117 Å². The van der Waals surface area contributed by atoms with Crippen LogP contribution in [0.5, 0.6) is 0 Å². The largest absolute Gasteiger partial charge is 0.444 e. The fourth-order valence-corrected chi connectivity index (χ4v) is 2.49. The van der Waals surface area contributed by atoms with Crippen molar-refractivity contribution in [2.45, 2.75) is 65.5 Å². The van der Waals surface area contributed by atoms with Gasteiger partial charge in [0.1, 0.15) is 5.60 Å². The maximum atomic E-state index is 11.8. The zero-order chi connectivity index (χ0) is 14.5. The lowest BCUT2D eigenvalue weighted by molar-refractivity contribution is 0.0493. The van der Waals surface area contributed by atoms with Gasteiger partial charge < -0.3 is 15.4 Å². The standard InChI is InChI=1S/C15H30N2O2/c1-11(2)9-16-10-12-7-6-8-13(12)17-14(18)19-15(3,4)5/h11-13,16H,6-10H2,1-5H3,(H,17,18)/t12?,13-/m0/s1. The van der Waals surface area contributed by atoms with Crippen LogP contribution >= 0.6 is 0 Å². The van der Waals surface area contributed by atoms with Crippen LogP contribution < -0.4 is 10.6 Å². The van der Waals surface area contributed by atoms with E-state index in [1.807, 2.05) is 20.8 Å². The third kappa shape index (κ3) is 6.81. The van der Waals surface area contributed by atoms with Crippen molar-refractivity contribution in [1.29, 1.82) is 0 Å². The van der Waals surface area contributed by atoms with E-state index in [1.165, 1.54) is 12.8 Å². The third-order valence-corrected chi connectivity index (χ3v) is 3.32. The summed E-state index contributed by atoms with van der Waals surface area (Å²) in [7, 11) is 0. The van der Waals surface area contributed by atoms with E-state index in [0.717, 1.165) is 19.5 Å². The van der Waals surface area contributed by atoms with Crippen molar-refractivity contribution in [1.82, 2.24) is 10.6 Å². The van der Waals surface area contributed by atoms with Gasteiger partial charge in [-0.05, 0) is 58.5 Å². The number of ether oxygens (including phenoxy) is 1. The summed E-state index contributed by atoms with van der Waals surface area (Å²) in [6.45, 7) is 12.1. The molecule has 1 rings (SSSR count). The fourth-order valence-electron chi connectivity index (χ4n) is 2.49. The van der Waals surface area contributed by atoms with Crippen molar-refractivity contribution in [3.8, 4) is 0 Å². The molecule has 1 aliphatic rings. The van der Waals surface area contributed by atoms with Crippen molar-refractivity contribution in [2.24, 2.45) is 11.8 Å². The van der Waals surface area contributed by atoms with Gasteiger partial charge in [0.25, 0.3) is 0 Å². The first-order valence-corrected chi connectivity index (χ1v) is 7.48. The number of rotatable bonds is 5. The average molecular weight is 270 g/mol. The van der Waals surface area contributed by atoms with Crippen molar-refractivity contribution in [3.05, 3.63) is 0 Å². The maximum absolute atomic E-state index is 11.8. The molecule has 0 spiro atoms. The van der Waals surface area contributed by atoms with Gasteiger partial charge in [-0.15, -0.1) is 0 Å². The van der Waals surface area contributed by atoms with Crippen LogP contribution in [0, 0.1) is 11.8 Å². The monoisotopic (exact) mass is 270 g/mol. The smallest absolute Gasteiger partial charge is 0.407 e. The highest BCUT2D eigenvalue weighted by Crippen LogP contribution is 2.25. The molecule has 1 fully saturated rings. The first-order chi connectivity index (χ1) is 8.78. The Hall–Kier alpha value is -0.770. The maximum Gasteiger partial charge on any atom is 0.407 e. The lowest BCUT2D eigenvalue weighted by Gasteiger charge is -2.25. The van der Waals surface area contributed by atoms with E-state index in [0.29, 0.717) is 11.8 Å². The molecule has 2 atom stereocenters. The molecule has 1 unspecified atom stereocenters. The molecule has 1 amide bonds. The number of hydrogen-bond donors (Lipinski definition) is 2. The Bertz CT molecular complexity index is 284. The van der Waals surface area contributed by atoms with Gasteiger partial charge in [-0.3, -0.25) is 0 Å². The molecular weight excluding hydrogens is 240 g/mol. The van der Waals surface area contributed by atoms with Crippen LogP contribution in [0.4, 0.5) is 4.79 Å². The number of carbonyl (C=O) groups is 1. The molecule has 1 saturated carbocycles. The van der Waals surface area contributed by atoms with Crippen LogP contribution in [0.25, 0.3) is 0 Å². The van der Waals surface area contributed by atoms with Crippen molar-refractivity contribution >= 4 is 6.09 Å². The summed E-state index contributed by atoms with van der Waals surface area (Å²) in [6, 6.07) is 0.259. The number of amides is 1. The number of nitrogens with one attached hydrogen (secondary N) is 2. The minimum Gasteiger partial charge on any atom is -0.444 e. The summed E-state index contributed by atoms with van der Waals surface area (Å²) in [5.74, 6) is 1.20. The second kappa shape index (κ2) is 7.13. The van der Waals surface area contributed by atoms with E-state index < -0.39 is 5.60 Å². The minimum atomic E-state index is -0.423. The van der Waals surface area contributed by atoms with Crippen molar-refractivity contribution < 1.29 is 9.53 Å². The van der Waals surface area contributed by atoms with Crippen LogP contribution in [-0.4, -0.2) is 30.8 Å². The van der Waals surface area contributed by atoms with Crippen molar-refractivity contribution in [2.75, 3.05) is 13.1 Å². The normalized spacial score (nSPS) is 23.7. The Morgan fingerprint density at radius 1 is 1.32 bits per heavy atom. The lowest BCUT2D eigenvalue weighted by Crippen LogP contribution is -2.43. The Kier molecular flexibility index (Phi) is 6.11. The van der Waals surface area contributed by atoms with Crippen LogP contribution in [0.3, 0.4) is 0 Å². The van der Waals surface area contributed by atoms with Gasteiger partial charge in [-0.2, -0.15) is 0 Å². The first-order valence-electron chi connectivity index (χ1n) is 7.48. The van der Waals surface area contributed by atoms with Gasteiger partial charge in [-0.1, -0.05) is 20.3 Å². The van der Waals surface area contributed by atoms with Gasteiger partial charge >= 0.3 is 6.09 Å². The van der Waals surface area contributed by atoms with E-state index in [9.17, 15) is 4.79 Å². The Morgan fingerprint density at radius 3 is 2.58 bits per heavy atom. The summed E-state index contributed by atoms with van der Waals surface area (Å²) >= 11 is 0. The molecule has 0 aromatic rings. The molecule has 2 N–H and O–H groups in total. The Balaban J connectivity index is 2.33. The number of alkyl carbamates (subject to hydrolysis) is 1. The second-order valence-corrected chi connectivity index (χ2v) is 7.00. The van der Waals surface area contributed by atoms with E-state index in [-0.39, 0.29) is 12.1 Å². The molecule has 0 aromatic carbocycles. The topological polar surface area (TPSA) is 50.4 Å². The summed E-state index contributed by atoms with van der Waals surface area (Å²) in [6.07, 6.45) is 3.15. The Morgan fingerprint density at radius 2 is 2.00 bits per heavy atom. The quantitative estimate of drug-likeness (QED) is 0.807. The SMILES string of the molecule is CC(C)CNCC1CCC[C@@H]1NC(=O)OC(C)(C)C. The molecule has 4 nitrogen and oxygen atoms in total. The molecular formula is C15H30N2O2. The van der Waals surface area contributed by atoms with Crippen LogP contribution in [-0.2, 0) is 4.74 Å². The van der Waals surface area contributed by atoms with E-state index >= 15 is 0 Å². The zero-order valence-corrected chi connectivity index (χ0v) is 13.1. The van der Waals surface area contributed by atoms with Crippen LogP contribution in [0.1, 0.15) is 53.9 Å². The van der Waals surface area contributed by atoms with Crippen LogP contribution in [0.2, 0.25) is 0 Å². The molecule has 0 aliphatic heterocycles. The molecule has 0 saturated heterocycles. The summed E-state index contributed by atoms with van der Waals surface area (Å²) in [5.41, 5.74) is -0.423. The molecule has 19 heavy (non-hydrogen) atoms. The molecule has 0 aromatic heterocycles. The lowest BCUT2D eigenvalue weighted by atomic mass is 10.0. The van der Waals surface area contributed by atoms with Crippen molar-refractivity contribution in [3.63, 3.8) is 0 Å². The minimum absolute atomic E-state index is 0.259. The fraction of sp³-hybridized carbons (Fsp3) is 0.933. The predicted octanol–water partition coefficient (Wildman–Crippen LogP) is 2.93. The van der Waals surface area contributed by atoms with Gasteiger partial charge in [-0.25, -0.2) is 4.79 Å². The van der Waals surface area contributed by atoms with Crippen LogP contribution in [0.15, 0.2) is 0 Å². The molecule has 0 heterocycles. The zero-order valence-electron chi connectivity index (χ0n) is 13.1. The molecule has 0 radical (unpaired) electrons. The molecule has 112 valence electrons. The van der Waals surface area contributed by atoms with Gasteiger partial charge in [0.2, 0.25) is 0 Å². The predicted molar refractivity (Wildman–Crippen MR) is 78.2 cm³/mol. The summed E-state index contributed by atoms with van der Waals surface area (Å²) < 4.78 is 5.32. The first kappa shape index (κ1) is 16.3. The second-order valence-electron chi connectivity index (χ2n) is 7.00. The van der Waals surface area contributed by atoms with E-state index in [1.54, 1.807) is 0 Å². The van der Waals surface area contributed by atoms with Gasteiger partial charge in [0.15, 0.2) is 0 Å². The van der Waals surface area contributed by atoms with Gasteiger partial charge in [0, 0.05) is 6.04 Å². The average Bonchev–Trinajstić information content (AvgIpc) is 2.62. The molecule has 4 heteroatoms. The van der Waals surface area contributed by atoms with Gasteiger partial charge in [0.05, 0.1) is 0 Å². The number of hydrogen-bond acceptors (Lipinski definition) is 3. The summed E-state index contributed by atoms with van der Waals surface area (Å²) in [5, 5.41) is 6.51. The molecule has 1 aliphatic carbocycles. The summed E-state index contributed by atoms with van der Waals surface area (Å²) in [4.78, 5) is 11.8. The molecule has 0 bridgehead atoms. The number of carbonyl (C=O) groups excluding carboxylic acids is 1.